The number of aromatic nitrogens is 1. The lowest BCUT2D eigenvalue weighted by Crippen LogP contribution is -2.27. The van der Waals surface area contributed by atoms with Crippen LogP contribution in [0.5, 0.6) is 5.75 Å². The van der Waals surface area contributed by atoms with Gasteiger partial charge in [0.15, 0.2) is 0 Å². The van der Waals surface area contributed by atoms with E-state index in [1.165, 1.54) is 17.6 Å². The minimum absolute atomic E-state index is 0.325. The molecule has 1 unspecified atom stereocenters. The molecule has 1 heterocycles. The topological polar surface area (TPSA) is 48.0 Å². The second-order valence-corrected chi connectivity index (χ2v) is 6.01. The van der Waals surface area contributed by atoms with Crippen molar-refractivity contribution in [2.75, 3.05) is 6.54 Å². The van der Waals surface area contributed by atoms with E-state index in [1.807, 2.05) is 18.3 Å². The lowest BCUT2D eigenvalue weighted by Gasteiger charge is -2.12. The number of benzene rings is 1. The van der Waals surface area contributed by atoms with Gasteiger partial charge in [0.2, 0.25) is 0 Å². The Morgan fingerprint density at radius 2 is 2.19 bits per heavy atom. The van der Waals surface area contributed by atoms with E-state index in [4.69, 9.17) is 0 Å². The fourth-order valence-electron chi connectivity index (χ4n) is 2.55. The molecule has 2 rings (SSSR count). The first-order valence-electron chi connectivity index (χ1n) is 7.72. The van der Waals surface area contributed by atoms with Crippen LogP contribution in [-0.2, 0) is 6.42 Å². The Hall–Kier alpha value is -1.74. The Labute approximate surface area is 127 Å². The van der Waals surface area contributed by atoms with Crippen LogP contribution in [0.1, 0.15) is 39.2 Å². The summed E-state index contributed by atoms with van der Waals surface area (Å²) < 4.78 is 0. The van der Waals surface area contributed by atoms with Crippen molar-refractivity contribution >= 4 is 10.9 Å². The van der Waals surface area contributed by atoms with E-state index in [9.17, 15) is 5.11 Å². The van der Waals surface area contributed by atoms with E-state index >= 15 is 0 Å². The SMILES string of the molecule is CC(C)=CCCC(C)NCCc1c[nH]c2ccc(O)cc12. The van der Waals surface area contributed by atoms with Crippen LogP contribution in [0.25, 0.3) is 10.9 Å². The van der Waals surface area contributed by atoms with E-state index in [0.717, 1.165) is 30.3 Å². The fraction of sp³-hybridized carbons (Fsp3) is 0.444. The van der Waals surface area contributed by atoms with Gasteiger partial charge in [0.1, 0.15) is 5.75 Å². The lowest BCUT2D eigenvalue weighted by atomic mass is 10.1. The zero-order valence-corrected chi connectivity index (χ0v) is 13.2. The molecule has 0 spiro atoms. The molecule has 0 fully saturated rings. The van der Waals surface area contributed by atoms with Gasteiger partial charge in [0.05, 0.1) is 0 Å². The third-order valence-electron chi connectivity index (χ3n) is 3.79. The number of hydrogen-bond acceptors (Lipinski definition) is 2. The first-order valence-corrected chi connectivity index (χ1v) is 7.72. The van der Waals surface area contributed by atoms with Gasteiger partial charge in [0.25, 0.3) is 0 Å². The second kappa shape index (κ2) is 7.32. The third-order valence-corrected chi connectivity index (χ3v) is 3.79. The number of aromatic amines is 1. The molecule has 0 aliphatic carbocycles. The standard InChI is InChI=1S/C18H26N2O/c1-13(2)5-4-6-14(3)19-10-9-15-12-20-18-8-7-16(21)11-17(15)18/h5,7-8,11-12,14,19-21H,4,6,9-10H2,1-3H3. The zero-order chi connectivity index (χ0) is 15.2. The summed E-state index contributed by atoms with van der Waals surface area (Å²) in [6, 6.07) is 5.99. The molecule has 1 aromatic heterocycles. The van der Waals surface area contributed by atoms with Crippen LogP contribution in [-0.4, -0.2) is 22.7 Å². The number of rotatable bonds is 7. The number of phenols is 1. The van der Waals surface area contributed by atoms with Crippen molar-refractivity contribution in [1.29, 1.82) is 0 Å². The highest BCUT2D eigenvalue weighted by Gasteiger charge is 2.05. The van der Waals surface area contributed by atoms with E-state index in [1.54, 1.807) is 6.07 Å². The van der Waals surface area contributed by atoms with Gasteiger partial charge in [-0.3, -0.25) is 0 Å². The van der Waals surface area contributed by atoms with Crippen molar-refractivity contribution in [3.8, 4) is 5.75 Å². The lowest BCUT2D eigenvalue weighted by molar-refractivity contribution is 0.476. The molecule has 0 aliphatic heterocycles. The molecule has 0 aliphatic rings. The summed E-state index contributed by atoms with van der Waals surface area (Å²) >= 11 is 0. The van der Waals surface area contributed by atoms with Crippen molar-refractivity contribution in [2.24, 2.45) is 0 Å². The van der Waals surface area contributed by atoms with Gasteiger partial charge in [-0.2, -0.15) is 0 Å². The van der Waals surface area contributed by atoms with Crippen LogP contribution in [0, 0.1) is 0 Å². The largest absolute Gasteiger partial charge is 0.508 e. The molecule has 2 aromatic rings. The smallest absolute Gasteiger partial charge is 0.116 e. The highest BCUT2D eigenvalue weighted by Crippen LogP contribution is 2.23. The number of phenolic OH excluding ortho intramolecular Hbond substituents is 1. The van der Waals surface area contributed by atoms with E-state index in [-0.39, 0.29) is 0 Å². The quantitative estimate of drug-likeness (QED) is 0.670. The van der Waals surface area contributed by atoms with Crippen molar-refractivity contribution in [3.05, 3.63) is 41.6 Å². The van der Waals surface area contributed by atoms with Gasteiger partial charge in [-0.1, -0.05) is 11.6 Å². The number of aromatic hydroxyl groups is 1. The van der Waals surface area contributed by atoms with Crippen LogP contribution >= 0.6 is 0 Å². The molecular weight excluding hydrogens is 260 g/mol. The highest BCUT2D eigenvalue weighted by atomic mass is 16.3. The van der Waals surface area contributed by atoms with Crippen molar-refractivity contribution in [1.82, 2.24) is 10.3 Å². The van der Waals surface area contributed by atoms with E-state index in [0.29, 0.717) is 11.8 Å². The van der Waals surface area contributed by atoms with Gasteiger partial charge < -0.3 is 15.4 Å². The van der Waals surface area contributed by atoms with Crippen LogP contribution in [0.3, 0.4) is 0 Å². The average molecular weight is 286 g/mol. The summed E-state index contributed by atoms with van der Waals surface area (Å²) in [5.41, 5.74) is 3.73. The van der Waals surface area contributed by atoms with Crippen molar-refractivity contribution in [2.45, 2.75) is 46.1 Å². The molecule has 0 amide bonds. The van der Waals surface area contributed by atoms with E-state index in [2.05, 4.69) is 37.1 Å². The molecule has 3 heteroatoms. The van der Waals surface area contributed by atoms with Gasteiger partial charge in [0, 0.05) is 23.1 Å². The first-order chi connectivity index (χ1) is 10.1. The molecule has 3 nitrogen and oxygen atoms in total. The molecule has 1 aromatic carbocycles. The van der Waals surface area contributed by atoms with Crippen molar-refractivity contribution < 1.29 is 5.11 Å². The Morgan fingerprint density at radius 1 is 1.38 bits per heavy atom. The maximum atomic E-state index is 9.59. The van der Waals surface area contributed by atoms with Crippen LogP contribution in [0.2, 0.25) is 0 Å². The zero-order valence-electron chi connectivity index (χ0n) is 13.2. The molecule has 1 atom stereocenters. The highest BCUT2D eigenvalue weighted by molar-refractivity contribution is 5.84. The molecular formula is C18H26N2O. The van der Waals surface area contributed by atoms with Gasteiger partial charge in [-0.05, 0) is 70.3 Å². The van der Waals surface area contributed by atoms with E-state index < -0.39 is 0 Å². The first kappa shape index (κ1) is 15.6. The van der Waals surface area contributed by atoms with Crippen LogP contribution in [0.15, 0.2) is 36.0 Å². The van der Waals surface area contributed by atoms with Crippen LogP contribution in [0.4, 0.5) is 0 Å². The summed E-state index contributed by atoms with van der Waals surface area (Å²) in [5.74, 6) is 0.325. The second-order valence-electron chi connectivity index (χ2n) is 6.01. The minimum atomic E-state index is 0.325. The Kier molecular flexibility index (Phi) is 5.45. The molecule has 114 valence electrons. The number of allylic oxidation sites excluding steroid dienone is 2. The maximum Gasteiger partial charge on any atom is 0.116 e. The summed E-state index contributed by atoms with van der Waals surface area (Å²) in [7, 11) is 0. The summed E-state index contributed by atoms with van der Waals surface area (Å²) in [6.45, 7) is 7.48. The molecule has 0 saturated heterocycles. The predicted molar refractivity (Wildman–Crippen MR) is 89.8 cm³/mol. The monoisotopic (exact) mass is 286 g/mol. The number of hydrogen-bond donors (Lipinski definition) is 3. The van der Waals surface area contributed by atoms with Crippen molar-refractivity contribution in [3.63, 3.8) is 0 Å². The van der Waals surface area contributed by atoms with Gasteiger partial charge >= 0.3 is 0 Å². The number of H-pyrrole nitrogens is 1. The Balaban J connectivity index is 1.82. The van der Waals surface area contributed by atoms with Crippen LogP contribution < -0.4 is 5.32 Å². The normalized spacial score (nSPS) is 12.5. The minimum Gasteiger partial charge on any atom is -0.508 e. The van der Waals surface area contributed by atoms with Gasteiger partial charge in [-0.25, -0.2) is 0 Å². The number of nitrogens with one attached hydrogen (secondary N) is 2. The maximum absolute atomic E-state index is 9.59. The molecule has 3 N–H and O–H groups in total. The molecule has 21 heavy (non-hydrogen) atoms. The molecule has 0 bridgehead atoms. The molecule has 0 radical (unpaired) electrons. The Morgan fingerprint density at radius 3 is 2.95 bits per heavy atom. The predicted octanol–water partition coefficient (Wildman–Crippen LogP) is 4.14. The summed E-state index contributed by atoms with van der Waals surface area (Å²) in [4.78, 5) is 3.25. The Bertz CT molecular complexity index is 609. The van der Waals surface area contributed by atoms with Gasteiger partial charge in [-0.15, -0.1) is 0 Å². The third kappa shape index (κ3) is 4.64. The summed E-state index contributed by atoms with van der Waals surface area (Å²) in [6.07, 6.45) is 7.61. The fourth-order valence-corrected chi connectivity index (χ4v) is 2.55. The molecule has 0 saturated carbocycles. The number of fused-ring (bicyclic) bond motifs is 1. The average Bonchev–Trinajstić information content (AvgIpc) is 2.81. The summed E-state index contributed by atoms with van der Waals surface area (Å²) in [5, 5.41) is 14.3.